The van der Waals surface area contributed by atoms with E-state index in [-0.39, 0.29) is 5.82 Å². The van der Waals surface area contributed by atoms with E-state index in [4.69, 9.17) is 17.3 Å². The van der Waals surface area contributed by atoms with Crippen molar-refractivity contribution in [2.75, 3.05) is 0 Å². The highest BCUT2D eigenvalue weighted by molar-refractivity contribution is 6.30. The normalized spacial score (nSPS) is 11.8. The van der Waals surface area contributed by atoms with E-state index >= 15 is 0 Å². The van der Waals surface area contributed by atoms with Crippen molar-refractivity contribution in [2.24, 2.45) is 5.73 Å². The lowest BCUT2D eigenvalue weighted by atomic mass is 10.1. The van der Waals surface area contributed by atoms with Gasteiger partial charge < -0.3 is 11.1 Å². The fraction of sp³-hybridized carbons (Fsp3) is 0.111. The van der Waals surface area contributed by atoms with Gasteiger partial charge in [-0.05, 0) is 36.8 Å². The van der Waals surface area contributed by atoms with Gasteiger partial charge in [-0.1, -0.05) is 41.9 Å². The molecule has 0 bridgehead atoms. The Kier molecular flexibility index (Phi) is 4.99. The maximum atomic E-state index is 12.5. The second-order valence-corrected chi connectivity index (χ2v) is 6.03. The Morgan fingerprint density at radius 1 is 1.12 bits per heavy atom. The highest BCUT2D eigenvalue weighted by Gasteiger charge is 2.23. The van der Waals surface area contributed by atoms with Crippen molar-refractivity contribution in [3.8, 4) is 5.69 Å². The summed E-state index contributed by atoms with van der Waals surface area (Å²) in [6.07, 6.45) is 0. The third kappa shape index (κ3) is 3.73. The van der Waals surface area contributed by atoms with Crippen LogP contribution in [0.3, 0.4) is 0 Å². The largest absolute Gasteiger partial charge is 0.368 e. The number of primary amides is 1. The number of carbonyl (C=O) groups is 2. The van der Waals surface area contributed by atoms with Crippen molar-refractivity contribution < 1.29 is 9.59 Å². The second kappa shape index (κ2) is 7.37. The van der Waals surface area contributed by atoms with Crippen LogP contribution in [0.15, 0.2) is 54.6 Å². The summed E-state index contributed by atoms with van der Waals surface area (Å²) in [5.74, 6) is -0.792. The molecule has 0 spiro atoms. The number of nitrogens with zero attached hydrogens (tertiary/aromatic N) is 3. The van der Waals surface area contributed by atoms with Crippen LogP contribution in [0.2, 0.25) is 5.02 Å². The number of benzene rings is 2. The van der Waals surface area contributed by atoms with Crippen LogP contribution >= 0.6 is 11.6 Å². The zero-order chi connectivity index (χ0) is 18.7. The number of amides is 2. The molecule has 0 saturated heterocycles. The third-order valence-corrected chi connectivity index (χ3v) is 3.99. The molecule has 2 amide bonds. The fourth-order valence-corrected chi connectivity index (χ4v) is 2.60. The van der Waals surface area contributed by atoms with Crippen LogP contribution in [0.25, 0.3) is 5.69 Å². The number of nitrogens with two attached hydrogens (primary N) is 1. The summed E-state index contributed by atoms with van der Waals surface area (Å²) in [5.41, 5.74) is 6.72. The van der Waals surface area contributed by atoms with Crippen LogP contribution in [0, 0.1) is 6.92 Å². The molecule has 7 nitrogen and oxygen atoms in total. The van der Waals surface area contributed by atoms with Gasteiger partial charge in [0.1, 0.15) is 11.9 Å². The first kappa shape index (κ1) is 17.6. The molecule has 2 aromatic carbocycles. The molecule has 0 aliphatic rings. The van der Waals surface area contributed by atoms with Crippen molar-refractivity contribution in [2.45, 2.75) is 13.0 Å². The average Bonchev–Trinajstić information content (AvgIpc) is 3.02. The molecule has 0 radical (unpaired) electrons. The first-order chi connectivity index (χ1) is 12.5. The van der Waals surface area contributed by atoms with E-state index < -0.39 is 17.9 Å². The number of aryl methyl sites for hydroxylation is 1. The Morgan fingerprint density at radius 2 is 1.77 bits per heavy atom. The minimum atomic E-state index is -0.966. The summed E-state index contributed by atoms with van der Waals surface area (Å²) in [7, 11) is 0. The van der Waals surface area contributed by atoms with Gasteiger partial charge in [0.25, 0.3) is 5.91 Å². The van der Waals surface area contributed by atoms with Crippen LogP contribution in [0.4, 0.5) is 0 Å². The number of halogens is 1. The van der Waals surface area contributed by atoms with Gasteiger partial charge in [-0.2, -0.15) is 0 Å². The molecule has 1 heterocycles. The molecule has 0 fully saturated rings. The molecular weight excluding hydrogens is 354 g/mol. The predicted molar refractivity (Wildman–Crippen MR) is 96.9 cm³/mol. The van der Waals surface area contributed by atoms with E-state index in [2.05, 4.69) is 15.4 Å². The van der Waals surface area contributed by atoms with Crippen LogP contribution in [0.1, 0.15) is 28.0 Å². The van der Waals surface area contributed by atoms with Crippen LogP contribution in [-0.4, -0.2) is 26.6 Å². The summed E-state index contributed by atoms with van der Waals surface area (Å²) in [6.45, 7) is 1.72. The lowest BCUT2D eigenvalue weighted by Crippen LogP contribution is -2.38. The van der Waals surface area contributed by atoms with E-state index in [9.17, 15) is 9.59 Å². The monoisotopic (exact) mass is 369 g/mol. The SMILES string of the molecule is Cc1nc(C(=O)NC(C(N)=O)c2ccccc2)nn1-c1ccc(Cl)cc1. The summed E-state index contributed by atoms with van der Waals surface area (Å²) < 4.78 is 1.52. The van der Waals surface area contributed by atoms with Crippen LogP contribution in [-0.2, 0) is 4.79 Å². The quantitative estimate of drug-likeness (QED) is 0.719. The van der Waals surface area contributed by atoms with Crippen molar-refractivity contribution >= 4 is 23.4 Å². The summed E-state index contributed by atoms with van der Waals surface area (Å²) >= 11 is 5.89. The molecule has 8 heteroatoms. The number of nitrogens with one attached hydrogen (secondary N) is 1. The molecule has 3 rings (SSSR count). The Morgan fingerprint density at radius 3 is 2.38 bits per heavy atom. The molecule has 0 aliphatic heterocycles. The molecule has 0 saturated carbocycles. The van der Waals surface area contributed by atoms with Crippen LogP contribution < -0.4 is 11.1 Å². The van der Waals surface area contributed by atoms with Gasteiger partial charge in [-0.3, -0.25) is 9.59 Å². The van der Waals surface area contributed by atoms with Gasteiger partial charge in [0.05, 0.1) is 5.69 Å². The van der Waals surface area contributed by atoms with Crippen molar-refractivity contribution in [1.82, 2.24) is 20.1 Å². The molecule has 1 unspecified atom stereocenters. The first-order valence-corrected chi connectivity index (χ1v) is 8.18. The summed E-state index contributed by atoms with van der Waals surface area (Å²) in [6, 6.07) is 14.7. The Labute approximate surface area is 154 Å². The second-order valence-electron chi connectivity index (χ2n) is 5.59. The topological polar surface area (TPSA) is 103 Å². The molecule has 26 heavy (non-hydrogen) atoms. The van der Waals surface area contributed by atoms with Gasteiger partial charge in [-0.25, -0.2) is 9.67 Å². The minimum absolute atomic E-state index is 0.0559. The molecule has 1 aromatic heterocycles. The van der Waals surface area contributed by atoms with Gasteiger partial charge in [0.2, 0.25) is 11.7 Å². The molecular formula is C18H16ClN5O2. The first-order valence-electron chi connectivity index (χ1n) is 7.80. The van der Waals surface area contributed by atoms with Crippen molar-refractivity contribution in [3.05, 3.63) is 76.8 Å². The zero-order valence-corrected chi connectivity index (χ0v) is 14.6. The number of aromatic nitrogens is 3. The van der Waals surface area contributed by atoms with E-state index in [1.807, 2.05) is 6.07 Å². The van der Waals surface area contributed by atoms with Gasteiger partial charge >= 0.3 is 0 Å². The van der Waals surface area contributed by atoms with Gasteiger partial charge in [0.15, 0.2) is 0 Å². The fourth-order valence-electron chi connectivity index (χ4n) is 2.47. The molecule has 1 atom stereocenters. The number of hydrogen-bond donors (Lipinski definition) is 2. The maximum Gasteiger partial charge on any atom is 0.291 e. The number of hydrogen-bond acceptors (Lipinski definition) is 4. The smallest absolute Gasteiger partial charge is 0.291 e. The van der Waals surface area contributed by atoms with Gasteiger partial charge in [0, 0.05) is 5.02 Å². The van der Waals surface area contributed by atoms with Crippen molar-refractivity contribution in [3.63, 3.8) is 0 Å². The highest BCUT2D eigenvalue weighted by atomic mass is 35.5. The Balaban J connectivity index is 1.85. The number of rotatable bonds is 5. The summed E-state index contributed by atoms with van der Waals surface area (Å²) in [5, 5.41) is 7.39. The third-order valence-electron chi connectivity index (χ3n) is 3.74. The van der Waals surface area contributed by atoms with E-state index in [0.29, 0.717) is 22.1 Å². The zero-order valence-electron chi connectivity index (χ0n) is 13.9. The minimum Gasteiger partial charge on any atom is -0.368 e. The van der Waals surface area contributed by atoms with Crippen LogP contribution in [0.5, 0.6) is 0 Å². The van der Waals surface area contributed by atoms with Gasteiger partial charge in [-0.15, -0.1) is 5.10 Å². The van der Waals surface area contributed by atoms with E-state index in [0.717, 1.165) is 0 Å². The van der Waals surface area contributed by atoms with E-state index in [1.54, 1.807) is 55.5 Å². The maximum absolute atomic E-state index is 12.5. The lowest BCUT2D eigenvalue weighted by Gasteiger charge is -2.14. The summed E-state index contributed by atoms with van der Waals surface area (Å²) in [4.78, 5) is 28.4. The van der Waals surface area contributed by atoms with Crippen molar-refractivity contribution in [1.29, 1.82) is 0 Å². The molecule has 0 aliphatic carbocycles. The lowest BCUT2D eigenvalue weighted by molar-refractivity contribution is -0.120. The average molecular weight is 370 g/mol. The Bertz CT molecular complexity index is 938. The molecule has 132 valence electrons. The Hall–Kier alpha value is -3.19. The predicted octanol–water partition coefficient (Wildman–Crippen LogP) is 2.19. The number of carbonyl (C=O) groups excluding carboxylic acids is 2. The standard InChI is InChI=1S/C18H16ClN5O2/c1-11-21-17(23-24(11)14-9-7-13(19)8-10-14)18(26)22-15(16(20)25)12-5-3-2-4-6-12/h2-10,15H,1H3,(H2,20,25)(H,22,26). The molecule has 3 N–H and O–H groups in total. The molecule has 3 aromatic rings. The van der Waals surface area contributed by atoms with E-state index in [1.165, 1.54) is 4.68 Å². The highest BCUT2D eigenvalue weighted by Crippen LogP contribution is 2.15.